The SMILES string of the molecule is CC1=CCN(C(=O)C2(N)CCCC(C)C2)CC1. The Morgan fingerprint density at radius 2 is 2.35 bits per heavy atom. The molecule has 0 aromatic carbocycles. The number of nitrogens with two attached hydrogens (primary N) is 1. The molecule has 3 nitrogen and oxygen atoms in total. The minimum atomic E-state index is -0.587. The van der Waals surface area contributed by atoms with E-state index in [0.29, 0.717) is 5.92 Å². The van der Waals surface area contributed by atoms with Crippen LogP contribution in [0.1, 0.15) is 46.0 Å². The molecule has 96 valence electrons. The Morgan fingerprint density at radius 1 is 1.59 bits per heavy atom. The lowest BCUT2D eigenvalue weighted by atomic mass is 9.76. The second kappa shape index (κ2) is 4.81. The van der Waals surface area contributed by atoms with Gasteiger partial charge in [-0.3, -0.25) is 4.79 Å². The zero-order valence-corrected chi connectivity index (χ0v) is 11.0. The third-order valence-corrected chi connectivity index (χ3v) is 4.18. The summed E-state index contributed by atoms with van der Waals surface area (Å²) in [4.78, 5) is 14.4. The van der Waals surface area contributed by atoms with Crippen LogP contribution < -0.4 is 5.73 Å². The van der Waals surface area contributed by atoms with Gasteiger partial charge in [0.25, 0.3) is 0 Å². The molecular weight excluding hydrogens is 212 g/mol. The summed E-state index contributed by atoms with van der Waals surface area (Å²) >= 11 is 0. The normalized spacial score (nSPS) is 34.4. The second-order valence-corrected chi connectivity index (χ2v) is 5.91. The van der Waals surface area contributed by atoms with Gasteiger partial charge >= 0.3 is 0 Å². The number of carbonyl (C=O) groups is 1. The summed E-state index contributed by atoms with van der Waals surface area (Å²) in [5.74, 6) is 0.757. The molecule has 0 aromatic heterocycles. The standard InChI is InChI=1S/C14H24N2O/c1-11-5-8-16(9-6-11)13(17)14(15)7-3-4-12(2)10-14/h5,12H,3-4,6-10,15H2,1-2H3. The fourth-order valence-electron chi connectivity index (χ4n) is 3.06. The first-order valence-corrected chi connectivity index (χ1v) is 6.75. The van der Waals surface area contributed by atoms with Gasteiger partial charge in [-0.1, -0.05) is 31.4 Å². The molecule has 3 heteroatoms. The smallest absolute Gasteiger partial charge is 0.242 e. The molecule has 17 heavy (non-hydrogen) atoms. The third kappa shape index (κ3) is 2.71. The van der Waals surface area contributed by atoms with Crippen molar-refractivity contribution in [1.82, 2.24) is 4.90 Å². The molecular formula is C14H24N2O. The number of nitrogens with zero attached hydrogens (tertiary/aromatic N) is 1. The van der Waals surface area contributed by atoms with Crippen molar-refractivity contribution in [3.63, 3.8) is 0 Å². The van der Waals surface area contributed by atoms with Crippen LogP contribution in [0, 0.1) is 5.92 Å². The van der Waals surface area contributed by atoms with Gasteiger partial charge in [0, 0.05) is 13.1 Å². The van der Waals surface area contributed by atoms with Gasteiger partial charge in [-0.15, -0.1) is 0 Å². The van der Waals surface area contributed by atoms with Gasteiger partial charge in [0.15, 0.2) is 0 Å². The highest BCUT2D eigenvalue weighted by atomic mass is 16.2. The van der Waals surface area contributed by atoms with E-state index in [4.69, 9.17) is 5.73 Å². The Labute approximate surface area is 104 Å². The summed E-state index contributed by atoms with van der Waals surface area (Å²) in [5, 5.41) is 0. The first-order valence-electron chi connectivity index (χ1n) is 6.75. The van der Waals surface area contributed by atoms with Crippen LogP contribution in [0.2, 0.25) is 0 Å². The molecule has 1 fully saturated rings. The van der Waals surface area contributed by atoms with E-state index in [1.807, 2.05) is 4.90 Å². The van der Waals surface area contributed by atoms with Crippen LogP contribution in [0.4, 0.5) is 0 Å². The average Bonchev–Trinajstić information content (AvgIpc) is 2.29. The minimum absolute atomic E-state index is 0.174. The number of hydrogen-bond acceptors (Lipinski definition) is 2. The first-order chi connectivity index (χ1) is 8.01. The molecule has 1 aliphatic carbocycles. The van der Waals surface area contributed by atoms with Crippen molar-refractivity contribution in [3.8, 4) is 0 Å². The van der Waals surface area contributed by atoms with E-state index < -0.39 is 5.54 Å². The van der Waals surface area contributed by atoms with Crippen molar-refractivity contribution in [2.24, 2.45) is 11.7 Å². The van der Waals surface area contributed by atoms with Crippen molar-refractivity contribution in [1.29, 1.82) is 0 Å². The Hall–Kier alpha value is -0.830. The Kier molecular flexibility index (Phi) is 3.57. The first kappa shape index (κ1) is 12.6. The van der Waals surface area contributed by atoms with Crippen molar-refractivity contribution >= 4 is 5.91 Å². The molecule has 1 aliphatic heterocycles. The maximum atomic E-state index is 12.5. The monoisotopic (exact) mass is 236 g/mol. The molecule has 0 saturated heterocycles. The summed E-state index contributed by atoms with van der Waals surface area (Å²) in [5.41, 5.74) is 7.15. The Morgan fingerprint density at radius 3 is 2.94 bits per heavy atom. The van der Waals surface area contributed by atoms with Crippen LogP contribution in [-0.4, -0.2) is 29.4 Å². The molecule has 0 bridgehead atoms. The fourth-order valence-corrected chi connectivity index (χ4v) is 3.06. The molecule has 1 amide bonds. The lowest BCUT2D eigenvalue weighted by Crippen LogP contribution is -2.58. The van der Waals surface area contributed by atoms with Crippen LogP contribution in [-0.2, 0) is 4.79 Å². The van der Waals surface area contributed by atoms with Crippen LogP contribution in [0.3, 0.4) is 0 Å². The van der Waals surface area contributed by atoms with Crippen molar-refractivity contribution < 1.29 is 4.79 Å². The van der Waals surface area contributed by atoms with Gasteiger partial charge < -0.3 is 10.6 Å². The Balaban J connectivity index is 2.03. The zero-order chi connectivity index (χ0) is 12.5. The number of carbonyl (C=O) groups excluding carboxylic acids is 1. The summed E-state index contributed by atoms with van der Waals surface area (Å²) in [6.07, 6.45) is 7.16. The number of rotatable bonds is 1. The zero-order valence-electron chi connectivity index (χ0n) is 11.0. The van der Waals surface area contributed by atoms with Crippen LogP contribution in [0.25, 0.3) is 0 Å². The maximum absolute atomic E-state index is 12.5. The van der Waals surface area contributed by atoms with E-state index in [-0.39, 0.29) is 5.91 Å². The molecule has 2 rings (SSSR count). The lowest BCUT2D eigenvalue weighted by Gasteiger charge is -2.39. The quantitative estimate of drug-likeness (QED) is 0.708. The van der Waals surface area contributed by atoms with E-state index in [2.05, 4.69) is 19.9 Å². The second-order valence-electron chi connectivity index (χ2n) is 5.91. The van der Waals surface area contributed by atoms with Gasteiger partial charge in [0.05, 0.1) is 5.54 Å². The number of hydrogen-bond donors (Lipinski definition) is 1. The van der Waals surface area contributed by atoms with Crippen molar-refractivity contribution in [2.75, 3.05) is 13.1 Å². The summed E-state index contributed by atoms with van der Waals surface area (Å²) in [7, 11) is 0. The molecule has 2 unspecified atom stereocenters. The van der Waals surface area contributed by atoms with E-state index in [0.717, 1.165) is 38.8 Å². The minimum Gasteiger partial charge on any atom is -0.337 e. The highest BCUT2D eigenvalue weighted by molar-refractivity contribution is 5.86. The molecule has 2 N–H and O–H groups in total. The van der Waals surface area contributed by atoms with Crippen LogP contribution >= 0.6 is 0 Å². The predicted octanol–water partition coefficient (Wildman–Crippen LogP) is 2.07. The highest BCUT2D eigenvalue weighted by Crippen LogP contribution is 2.32. The molecule has 0 spiro atoms. The molecule has 0 radical (unpaired) electrons. The molecule has 1 heterocycles. The van der Waals surface area contributed by atoms with E-state index in [1.165, 1.54) is 12.0 Å². The molecule has 1 saturated carbocycles. The van der Waals surface area contributed by atoms with Crippen LogP contribution in [0.15, 0.2) is 11.6 Å². The van der Waals surface area contributed by atoms with Crippen molar-refractivity contribution in [3.05, 3.63) is 11.6 Å². The molecule has 0 aromatic rings. The molecule has 2 aliphatic rings. The van der Waals surface area contributed by atoms with Gasteiger partial charge in [-0.2, -0.15) is 0 Å². The highest BCUT2D eigenvalue weighted by Gasteiger charge is 2.40. The molecule has 2 atom stereocenters. The van der Waals surface area contributed by atoms with E-state index in [1.54, 1.807) is 0 Å². The summed E-state index contributed by atoms with van der Waals surface area (Å²) in [6.45, 7) is 5.92. The predicted molar refractivity (Wildman–Crippen MR) is 69.5 cm³/mol. The number of amides is 1. The Bertz CT molecular complexity index is 337. The van der Waals surface area contributed by atoms with Crippen LogP contribution in [0.5, 0.6) is 0 Å². The topological polar surface area (TPSA) is 46.3 Å². The van der Waals surface area contributed by atoms with Gasteiger partial charge in [-0.25, -0.2) is 0 Å². The lowest BCUT2D eigenvalue weighted by molar-refractivity contribution is -0.138. The summed E-state index contributed by atoms with van der Waals surface area (Å²) in [6, 6.07) is 0. The van der Waals surface area contributed by atoms with Crippen molar-refractivity contribution in [2.45, 2.75) is 51.5 Å². The average molecular weight is 236 g/mol. The third-order valence-electron chi connectivity index (χ3n) is 4.18. The van der Waals surface area contributed by atoms with Gasteiger partial charge in [-0.05, 0) is 32.1 Å². The maximum Gasteiger partial charge on any atom is 0.242 e. The fraction of sp³-hybridized carbons (Fsp3) is 0.786. The largest absolute Gasteiger partial charge is 0.337 e. The van der Waals surface area contributed by atoms with E-state index >= 15 is 0 Å². The van der Waals surface area contributed by atoms with E-state index in [9.17, 15) is 4.79 Å². The van der Waals surface area contributed by atoms with Gasteiger partial charge in [0.1, 0.15) is 0 Å². The summed E-state index contributed by atoms with van der Waals surface area (Å²) < 4.78 is 0. The van der Waals surface area contributed by atoms with Gasteiger partial charge in [0.2, 0.25) is 5.91 Å².